The van der Waals surface area contributed by atoms with E-state index in [1.165, 1.54) is 19.2 Å². The van der Waals surface area contributed by atoms with E-state index in [1.807, 2.05) is 30.3 Å². The zero-order valence-corrected chi connectivity index (χ0v) is 24.1. The van der Waals surface area contributed by atoms with Crippen LogP contribution in [0.1, 0.15) is 48.7 Å². The number of methoxy groups -OCH3 is 2. The number of carbonyl (C=O) groups excluding carboxylic acids is 1. The number of hydrogen-bond acceptors (Lipinski definition) is 6. The molecule has 1 atom stereocenters. The number of aryl methyl sites for hydroxylation is 1. The van der Waals surface area contributed by atoms with Gasteiger partial charge in [-0.05, 0) is 60.3 Å². The number of nitro benzene ring substituents is 1. The van der Waals surface area contributed by atoms with Crippen molar-refractivity contribution < 1.29 is 23.6 Å². The normalized spacial score (nSPS) is 16.3. The van der Waals surface area contributed by atoms with Crippen molar-refractivity contribution >= 4 is 25.5 Å². The van der Waals surface area contributed by atoms with E-state index in [-0.39, 0.29) is 22.3 Å². The summed E-state index contributed by atoms with van der Waals surface area (Å²) in [6, 6.07) is 10.4. The van der Waals surface area contributed by atoms with Gasteiger partial charge in [-0.25, -0.2) is 0 Å². The second-order valence-corrected chi connectivity index (χ2v) is 15.8. The van der Waals surface area contributed by atoms with E-state index in [4.69, 9.17) is 13.9 Å². The average Bonchev–Trinajstić information content (AvgIpc) is 2.86. The first kappa shape index (κ1) is 28.4. The van der Waals surface area contributed by atoms with Crippen LogP contribution in [0.5, 0.6) is 11.5 Å². The van der Waals surface area contributed by atoms with Crippen LogP contribution in [-0.2, 0) is 4.43 Å². The van der Waals surface area contributed by atoms with Crippen LogP contribution < -0.4 is 9.47 Å². The molecule has 2 aromatic rings. The van der Waals surface area contributed by atoms with Gasteiger partial charge in [0.15, 0.2) is 8.32 Å². The largest absolute Gasteiger partial charge is 0.497 e. The smallest absolute Gasteiger partial charge is 0.282 e. The molecule has 8 nitrogen and oxygen atoms in total. The number of hydrogen-bond donors (Lipinski definition) is 0. The number of benzene rings is 2. The van der Waals surface area contributed by atoms with Crippen molar-refractivity contribution in [3.63, 3.8) is 0 Å². The Balaban J connectivity index is 2.00. The summed E-state index contributed by atoms with van der Waals surface area (Å²) in [7, 11) is 1.02. The Hall–Kier alpha value is -3.17. The molecule has 0 saturated heterocycles. The molecule has 0 bridgehead atoms. The Kier molecular flexibility index (Phi) is 8.49. The molecule has 1 aliphatic rings. The molecule has 0 N–H and O–H groups in total. The number of rotatable bonds is 8. The third-order valence-corrected chi connectivity index (χ3v) is 12.0. The molecule has 2 aromatic carbocycles. The summed E-state index contributed by atoms with van der Waals surface area (Å²) < 4.78 is 17.2. The van der Waals surface area contributed by atoms with E-state index >= 15 is 0 Å². The molecule has 1 heterocycles. The SMILES string of the molecule is COc1ccc(C2=CCN(C(=O)c3cc(OC)c(C)cc3[N+](=O)[O-])[C@H](CO[Si](C)(C)C(C)(C)C)C2)cc1. The van der Waals surface area contributed by atoms with E-state index in [0.29, 0.717) is 30.9 Å². The van der Waals surface area contributed by atoms with Gasteiger partial charge in [0.2, 0.25) is 0 Å². The molecular weight excluding hydrogens is 488 g/mol. The van der Waals surface area contributed by atoms with Crippen molar-refractivity contribution in [2.24, 2.45) is 0 Å². The van der Waals surface area contributed by atoms with Crippen LogP contribution in [0.4, 0.5) is 5.69 Å². The Morgan fingerprint density at radius 1 is 1.14 bits per heavy atom. The standard InChI is InChI=1S/C28H38N2O6Si/c1-19-15-25(30(32)33)24(17-26(19)35-6)27(31)29-14-13-21(20-9-11-23(34-5)12-10-20)16-22(29)18-36-37(7,8)28(2,3)4/h9-13,15,17,22H,14,16,18H2,1-8H3/t22-/m0/s1. The Morgan fingerprint density at radius 2 is 1.78 bits per heavy atom. The fraction of sp³-hybridized carbons (Fsp3) is 0.464. The van der Waals surface area contributed by atoms with Gasteiger partial charge in [0, 0.05) is 18.7 Å². The van der Waals surface area contributed by atoms with Gasteiger partial charge in [0.1, 0.15) is 17.1 Å². The van der Waals surface area contributed by atoms with E-state index in [9.17, 15) is 14.9 Å². The van der Waals surface area contributed by atoms with Crippen LogP contribution in [0, 0.1) is 17.0 Å². The maximum Gasteiger partial charge on any atom is 0.282 e. The lowest BCUT2D eigenvalue weighted by Gasteiger charge is -2.41. The van der Waals surface area contributed by atoms with Crippen molar-refractivity contribution in [2.45, 2.75) is 58.3 Å². The van der Waals surface area contributed by atoms with Gasteiger partial charge in [0.05, 0.1) is 31.8 Å². The number of ether oxygens (including phenoxy) is 2. The second-order valence-electron chi connectivity index (χ2n) is 10.9. The zero-order chi connectivity index (χ0) is 27.5. The van der Waals surface area contributed by atoms with E-state index in [2.05, 4.69) is 33.9 Å². The fourth-order valence-electron chi connectivity index (χ4n) is 4.13. The van der Waals surface area contributed by atoms with Crippen molar-refractivity contribution in [3.05, 3.63) is 69.3 Å². The summed E-state index contributed by atoms with van der Waals surface area (Å²) in [5.74, 6) is 0.809. The molecule has 1 amide bonds. The third-order valence-electron chi connectivity index (χ3n) is 7.54. The van der Waals surface area contributed by atoms with Crippen LogP contribution in [0.15, 0.2) is 42.5 Å². The molecule has 0 spiro atoms. The molecular formula is C28H38N2O6Si. The highest BCUT2D eigenvalue weighted by atomic mass is 28.4. The molecule has 0 unspecified atom stereocenters. The topological polar surface area (TPSA) is 91.1 Å². The van der Waals surface area contributed by atoms with Crippen molar-refractivity contribution in [1.82, 2.24) is 4.90 Å². The van der Waals surface area contributed by atoms with Gasteiger partial charge in [-0.2, -0.15) is 0 Å². The lowest BCUT2D eigenvalue weighted by Crippen LogP contribution is -2.49. The molecule has 9 heteroatoms. The summed E-state index contributed by atoms with van der Waals surface area (Å²) in [4.78, 5) is 26.9. The van der Waals surface area contributed by atoms with E-state index < -0.39 is 19.1 Å². The lowest BCUT2D eigenvalue weighted by molar-refractivity contribution is -0.385. The Labute approximate surface area is 220 Å². The predicted molar refractivity (Wildman–Crippen MR) is 148 cm³/mol. The minimum Gasteiger partial charge on any atom is -0.497 e. The predicted octanol–water partition coefficient (Wildman–Crippen LogP) is 6.24. The van der Waals surface area contributed by atoms with Crippen molar-refractivity contribution in [1.29, 1.82) is 0 Å². The van der Waals surface area contributed by atoms with Gasteiger partial charge in [0.25, 0.3) is 11.6 Å². The van der Waals surface area contributed by atoms with Gasteiger partial charge in [-0.15, -0.1) is 0 Å². The Bertz CT molecular complexity index is 1180. The number of carbonyl (C=O) groups is 1. The maximum atomic E-state index is 13.8. The van der Waals surface area contributed by atoms with Gasteiger partial charge < -0.3 is 18.8 Å². The molecule has 0 aromatic heterocycles. The highest BCUT2D eigenvalue weighted by Crippen LogP contribution is 2.38. The van der Waals surface area contributed by atoms with Crippen LogP contribution in [0.3, 0.4) is 0 Å². The molecule has 1 aliphatic heterocycles. The van der Waals surface area contributed by atoms with Gasteiger partial charge in [-0.3, -0.25) is 14.9 Å². The zero-order valence-electron chi connectivity index (χ0n) is 23.1. The minimum atomic E-state index is -2.10. The van der Waals surface area contributed by atoms with Crippen LogP contribution in [-0.4, -0.2) is 57.5 Å². The van der Waals surface area contributed by atoms with Crippen molar-refractivity contribution in [2.75, 3.05) is 27.4 Å². The summed E-state index contributed by atoms with van der Waals surface area (Å²) in [5, 5.41) is 11.9. The van der Waals surface area contributed by atoms with Gasteiger partial charge in [-0.1, -0.05) is 39.0 Å². The second kappa shape index (κ2) is 11.1. The molecule has 200 valence electrons. The molecule has 3 rings (SSSR count). The summed E-state index contributed by atoms with van der Waals surface area (Å²) in [5.41, 5.74) is 2.55. The molecule has 0 fully saturated rings. The lowest BCUT2D eigenvalue weighted by atomic mass is 9.93. The minimum absolute atomic E-state index is 0.00820. The summed E-state index contributed by atoms with van der Waals surface area (Å²) in [6.07, 6.45) is 2.59. The molecule has 0 aliphatic carbocycles. The number of amides is 1. The Morgan fingerprint density at radius 3 is 2.32 bits per heavy atom. The van der Waals surface area contributed by atoms with Crippen LogP contribution >= 0.6 is 0 Å². The molecule has 37 heavy (non-hydrogen) atoms. The number of nitrogens with zero attached hydrogens (tertiary/aromatic N) is 2. The highest BCUT2D eigenvalue weighted by Gasteiger charge is 2.39. The highest BCUT2D eigenvalue weighted by molar-refractivity contribution is 6.74. The average molecular weight is 527 g/mol. The first-order valence-corrected chi connectivity index (χ1v) is 15.3. The summed E-state index contributed by atoms with van der Waals surface area (Å²) in [6.45, 7) is 13.3. The summed E-state index contributed by atoms with van der Waals surface area (Å²) >= 11 is 0. The molecule has 0 saturated carbocycles. The molecule has 0 radical (unpaired) electrons. The first-order chi connectivity index (χ1) is 17.3. The quantitative estimate of drug-likeness (QED) is 0.230. The first-order valence-electron chi connectivity index (χ1n) is 12.4. The maximum absolute atomic E-state index is 13.8. The monoisotopic (exact) mass is 526 g/mol. The number of nitro groups is 1. The fourth-order valence-corrected chi connectivity index (χ4v) is 5.18. The third kappa shape index (κ3) is 6.22. The van der Waals surface area contributed by atoms with E-state index in [0.717, 1.165) is 16.9 Å². The van der Waals surface area contributed by atoms with Crippen molar-refractivity contribution in [3.8, 4) is 11.5 Å². The van der Waals surface area contributed by atoms with E-state index in [1.54, 1.807) is 18.9 Å². The van der Waals surface area contributed by atoms with Crippen LogP contribution in [0.2, 0.25) is 18.1 Å². The van der Waals surface area contributed by atoms with Gasteiger partial charge >= 0.3 is 0 Å². The van der Waals surface area contributed by atoms with Crippen LogP contribution in [0.25, 0.3) is 5.57 Å².